The van der Waals surface area contributed by atoms with Gasteiger partial charge in [-0.25, -0.2) is 0 Å². The van der Waals surface area contributed by atoms with Gasteiger partial charge in [0.1, 0.15) is 0 Å². The molecule has 1 heterocycles. The summed E-state index contributed by atoms with van der Waals surface area (Å²) in [6.07, 6.45) is -1.10. The lowest BCUT2D eigenvalue weighted by Crippen LogP contribution is -2.58. The maximum atomic E-state index is 13.0. The molecule has 0 spiro atoms. The summed E-state index contributed by atoms with van der Waals surface area (Å²) in [5.41, 5.74) is 5.49. The first-order valence-corrected chi connectivity index (χ1v) is 7.32. The Balaban J connectivity index is 2.18. The van der Waals surface area contributed by atoms with E-state index < -0.39 is 17.6 Å². The highest BCUT2D eigenvalue weighted by Gasteiger charge is 2.51. The Labute approximate surface area is 113 Å². The van der Waals surface area contributed by atoms with Gasteiger partial charge in [0.05, 0.1) is 5.92 Å². The van der Waals surface area contributed by atoms with Crippen molar-refractivity contribution in [3.8, 4) is 0 Å². The summed E-state index contributed by atoms with van der Waals surface area (Å²) < 4.78 is 39.1. The van der Waals surface area contributed by atoms with Crippen LogP contribution in [0.1, 0.15) is 46.0 Å². The van der Waals surface area contributed by atoms with Crippen LogP contribution in [0.2, 0.25) is 0 Å². The van der Waals surface area contributed by atoms with Crippen LogP contribution in [0.15, 0.2) is 0 Å². The van der Waals surface area contributed by atoms with Crippen molar-refractivity contribution in [2.24, 2.45) is 17.6 Å². The van der Waals surface area contributed by atoms with E-state index in [-0.39, 0.29) is 12.8 Å². The van der Waals surface area contributed by atoms with Gasteiger partial charge in [-0.2, -0.15) is 13.2 Å². The third-order valence-corrected chi connectivity index (χ3v) is 5.06. The average molecular weight is 278 g/mol. The fourth-order valence-corrected chi connectivity index (χ4v) is 4.14. The van der Waals surface area contributed by atoms with Crippen LogP contribution in [-0.4, -0.2) is 35.7 Å². The lowest BCUT2D eigenvalue weighted by molar-refractivity contribution is -0.194. The SMILES string of the molecule is CC1CC(C)N(C2(CN)CCCC(C(F)(F)F)C2)C1. The summed E-state index contributed by atoms with van der Waals surface area (Å²) in [7, 11) is 0. The van der Waals surface area contributed by atoms with Gasteiger partial charge in [-0.3, -0.25) is 4.90 Å². The summed E-state index contributed by atoms with van der Waals surface area (Å²) in [6.45, 7) is 5.53. The van der Waals surface area contributed by atoms with Gasteiger partial charge in [0.2, 0.25) is 0 Å². The molecule has 0 aromatic heterocycles. The van der Waals surface area contributed by atoms with Crippen molar-refractivity contribution in [1.82, 2.24) is 4.90 Å². The number of alkyl halides is 3. The van der Waals surface area contributed by atoms with Crippen molar-refractivity contribution >= 4 is 0 Å². The highest BCUT2D eigenvalue weighted by atomic mass is 19.4. The van der Waals surface area contributed by atoms with E-state index in [1.807, 2.05) is 0 Å². The Morgan fingerprint density at radius 1 is 1.32 bits per heavy atom. The number of nitrogens with zero attached hydrogens (tertiary/aromatic N) is 1. The summed E-state index contributed by atoms with van der Waals surface area (Å²) in [5.74, 6) is -0.613. The van der Waals surface area contributed by atoms with E-state index in [0.29, 0.717) is 24.9 Å². The lowest BCUT2D eigenvalue weighted by atomic mass is 9.74. The molecule has 4 unspecified atom stereocenters. The Hall–Kier alpha value is -0.290. The minimum Gasteiger partial charge on any atom is -0.329 e. The van der Waals surface area contributed by atoms with Crippen molar-refractivity contribution in [3.05, 3.63) is 0 Å². The summed E-state index contributed by atoms with van der Waals surface area (Å²) in [4.78, 5) is 2.27. The van der Waals surface area contributed by atoms with Gasteiger partial charge in [0.15, 0.2) is 0 Å². The monoisotopic (exact) mass is 278 g/mol. The molecule has 2 rings (SSSR count). The quantitative estimate of drug-likeness (QED) is 0.840. The fraction of sp³-hybridized carbons (Fsp3) is 1.00. The minimum atomic E-state index is -4.07. The highest BCUT2D eigenvalue weighted by Crippen LogP contribution is 2.46. The second-order valence-corrected chi connectivity index (χ2v) is 6.61. The van der Waals surface area contributed by atoms with Crippen molar-refractivity contribution in [2.75, 3.05) is 13.1 Å². The molecular weight excluding hydrogens is 253 g/mol. The molecule has 0 aromatic carbocycles. The fourth-order valence-electron chi connectivity index (χ4n) is 4.14. The van der Waals surface area contributed by atoms with Gasteiger partial charge in [0, 0.05) is 24.7 Å². The molecule has 0 radical (unpaired) electrons. The summed E-state index contributed by atoms with van der Waals surface area (Å²) in [6, 6.07) is 0.352. The van der Waals surface area contributed by atoms with Crippen LogP contribution in [0.5, 0.6) is 0 Å². The van der Waals surface area contributed by atoms with Gasteiger partial charge in [0.25, 0.3) is 0 Å². The second-order valence-electron chi connectivity index (χ2n) is 6.61. The second kappa shape index (κ2) is 5.24. The van der Waals surface area contributed by atoms with Gasteiger partial charge >= 0.3 is 6.18 Å². The van der Waals surface area contributed by atoms with E-state index in [1.165, 1.54) is 0 Å². The lowest BCUT2D eigenvalue weighted by Gasteiger charge is -2.49. The molecule has 19 heavy (non-hydrogen) atoms. The molecule has 5 heteroatoms. The Morgan fingerprint density at radius 3 is 2.47 bits per heavy atom. The molecule has 1 aliphatic carbocycles. The molecule has 0 bridgehead atoms. The van der Waals surface area contributed by atoms with Gasteiger partial charge < -0.3 is 5.73 Å². The first-order valence-electron chi connectivity index (χ1n) is 7.32. The zero-order chi connectivity index (χ0) is 14.3. The molecule has 2 nitrogen and oxygen atoms in total. The van der Waals surface area contributed by atoms with E-state index in [0.717, 1.165) is 19.4 Å². The van der Waals surface area contributed by atoms with Crippen molar-refractivity contribution in [1.29, 1.82) is 0 Å². The van der Waals surface area contributed by atoms with E-state index in [9.17, 15) is 13.2 Å². The molecular formula is C14H25F3N2. The van der Waals surface area contributed by atoms with Crippen LogP contribution in [0.25, 0.3) is 0 Å². The van der Waals surface area contributed by atoms with Crippen molar-refractivity contribution in [2.45, 2.75) is 63.7 Å². The molecule has 1 saturated carbocycles. The van der Waals surface area contributed by atoms with Crippen molar-refractivity contribution in [3.63, 3.8) is 0 Å². The van der Waals surface area contributed by atoms with Gasteiger partial charge in [-0.05, 0) is 38.5 Å². The van der Waals surface area contributed by atoms with Gasteiger partial charge in [-0.15, -0.1) is 0 Å². The number of rotatable bonds is 2. The van der Waals surface area contributed by atoms with E-state index >= 15 is 0 Å². The number of likely N-dealkylation sites (tertiary alicyclic amines) is 1. The standard InChI is InChI=1S/C14H25F3N2/c1-10-6-11(2)19(8-10)13(9-18)5-3-4-12(7-13)14(15,16)17/h10-12H,3-9,18H2,1-2H3. The van der Waals surface area contributed by atoms with Crippen LogP contribution in [0, 0.1) is 11.8 Å². The minimum absolute atomic E-state index is 0.185. The average Bonchev–Trinajstić information content (AvgIpc) is 2.68. The van der Waals surface area contributed by atoms with Crippen LogP contribution in [0.4, 0.5) is 13.2 Å². The summed E-state index contributed by atoms with van der Waals surface area (Å²) >= 11 is 0. The number of halogens is 3. The normalized spacial score (nSPS) is 41.7. The number of hydrogen-bond donors (Lipinski definition) is 1. The Bertz CT molecular complexity index is 318. The third kappa shape index (κ3) is 2.92. The molecule has 112 valence electrons. The highest BCUT2D eigenvalue weighted by molar-refractivity contribution is 5.02. The first-order chi connectivity index (χ1) is 8.78. The van der Waals surface area contributed by atoms with E-state index in [1.54, 1.807) is 0 Å². The topological polar surface area (TPSA) is 29.3 Å². The van der Waals surface area contributed by atoms with Crippen LogP contribution in [0.3, 0.4) is 0 Å². The molecule has 2 N–H and O–H groups in total. The molecule has 2 fully saturated rings. The predicted molar refractivity (Wildman–Crippen MR) is 69.7 cm³/mol. The predicted octanol–water partition coefficient (Wildman–Crippen LogP) is 3.17. The molecule has 0 amide bonds. The zero-order valence-electron chi connectivity index (χ0n) is 11.8. The maximum absolute atomic E-state index is 13.0. The van der Waals surface area contributed by atoms with E-state index in [2.05, 4.69) is 18.7 Å². The molecule has 0 aromatic rings. The molecule has 4 atom stereocenters. The van der Waals surface area contributed by atoms with Crippen LogP contribution >= 0.6 is 0 Å². The zero-order valence-corrected chi connectivity index (χ0v) is 11.8. The van der Waals surface area contributed by atoms with Crippen LogP contribution in [-0.2, 0) is 0 Å². The number of nitrogens with two attached hydrogens (primary N) is 1. The molecule has 2 aliphatic rings. The summed E-state index contributed by atoms with van der Waals surface area (Å²) in [5, 5.41) is 0. The molecule has 1 saturated heterocycles. The number of hydrogen-bond acceptors (Lipinski definition) is 2. The first kappa shape index (κ1) is 15.1. The van der Waals surface area contributed by atoms with Gasteiger partial charge in [-0.1, -0.05) is 13.3 Å². The Morgan fingerprint density at radius 2 is 2.00 bits per heavy atom. The van der Waals surface area contributed by atoms with Crippen molar-refractivity contribution < 1.29 is 13.2 Å². The largest absolute Gasteiger partial charge is 0.391 e. The smallest absolute Gasteiger partial charge is 0.329 e. The van der Waals surface area contributed by atoms with E-state index in [4.69, 9.17) is 5.73 Å². The molecule has 1 aliphatic heterocycles. The van der Waals surface area contributed by atoms with Crippen LogP contribution < -0.4 is 5.73 Å². The third-order valence-electron chi connectivity index (χ3n) is 5.06. The Kier molecular flexibility index (Phi) is 4.17. The maximum Gasteiger partial charge on any atom is 0.391 e.